The molecule has 5 nitrogen and oxygen atoms in total. The van der Waals surface area contributed by atoms with E-state index in [-0.39, 0.29) is 5.91 Å². The number of nitrogens with one attached hydrogen (secondary N) is 1. The van der Waals surface area contributed by atoms with Crippen LogP contribution < -0.4 is 5.32 Å². The fraction of sp³-hybridized carbons (Fsp3) is 0.524. The number of halogens is 1. The summed E-state index contributed by atoms with van der Waals surface area (Å²) in [6.07, 6.45) is 5.44. The number of hydrogen-bond acceptors (Lipinski definition) is 5. The number of piperazine rings is 1. The maximum Gasteiger partial charge on any atom is 0.240 e. The Hall–Kier alpha value is -1.47. The van der Waals surface area contributed by atoms with Gasteiger partial charge in [0.1, 0.15) is 0 Å². The highest BCUT2D eigenvalue weighted by molar-refractivity contribution is 7.16. The molecule has 28 heavy (non-hydrogen) atoms. The number of rotatable bonds is 5. The highest BCUT2D eigenvalue weighted by Gasteiger charge is 2.26. The van der Waals surface area contributed by atoms with Gasteiger partial charge in [0.05, 0.1) is 12.2 Å². The molecule has 1 N–H and O–H groups in total. The first-order valence-corrected chi connectivity index (χ1v) is 11.3. The smallest absolute Gasteiger partial charge is 0.240 e. The first-order chi connectivity index (χ1) is 13.6. The lowest BCUT2D eigenvalue weighted by Gasteiger charge is -2.37. The Labute approximate surface area is 175 Å². The number of amides is 1. The number of carbonyl (C=O) groups excluding carboxylic acids is 1. The van der Waals surface area contributed by atoms with Crippen LogP contribution in [0.1, 0.15) is 30.6 Å². The molecule has 0 atom stereocenters. The van der Waals surface area contributed by atoms with Crippen LogP contribution in [0.15, 0.2) is 24.3 Å². The van der Waals surface area contributed by atoms with Crippen molar-refractivity contribution in [2.75, 3.05) is 38.0 Å². The number of aromatic nitrogens is 1. The number of carbonyl (C=O) groups is 1. The van der Waals surface area contributed by atoms with Crippen molar-refractivity contribution in [3.05, 3.63) is 34.2 Å². The Morgan fingerprint density at radius 2 is 1.86 bits per heavy atom. The van der Waals surface area contributed by atoms with Crippen LogP contribution in [-0.4, -0.2) is 59.5 Å². The van der Waals surface area contributed by atoms with Crippen molar-refractivity contribution in [2.45, 2.75) is 38.6 Å². The summed E-state index contributed by atoms with van der Waals surface area (Å²) < 4.78 is 0. The molecule has 2 fully saturated rings. The van der Waals surface area contributed by atoms with Gasteiger partial charge in [0.2, 0.25) is 5.91 Å². The summed E-state index contributed by atoms with van der Waals surface area (Å²) in [7, 11) is 0. The largest absolute Gasteiger partial charge is 0.301 e. The minimum absolute atomic E-state index is 0.0192. The van der Waals surface area contributed by atoms with Crippen LogP contribution in [0, 0.1) is 6.92 Å². The number of hydrogen-bond donors (Lipinski definition) is 1. The van der Waals surface area contributed by atoms with Gasteiger partial charge >= 0.3 is 0 Å². The van der Waals surface area contributed by atoms with Crippen molar-refractivity contribution in [3.8, 4) is 11.3 Å². The van der Waals surface area contributed by atoms with Gasteiger partial charge in [-0.1, -0.05) is 36.6 Å². The zero-order valence-electron chi connectivity index (χ0n) is 16.3. The summed E-state index contributed by atoms with van der Waals surface area (Å²) in [6, 6.07) is 8.42. The first kappa shape index (κ1) is 19.8. The number of thiazole rings is 1. The summed E-state index contributed by atoms with van der Waals surface area (Å²) in [4.78, 5) is 23.1. The molecule has 1 aliphatic heterocycles. The molecule has 0 bridgehead atoms. The van der Waals surface area contributed by atoms with Crippen LogP contribution in [0.4, 0.5) is 5.13 Å². The molecule has 2 heterocycles. The highest BCUT2D eigenvalue weighted by Crippen LogP contribution is 2.31. The molecular formula is C21H27ClN4OS. The molecule has 1 saturated carbocycles. The van der Waals surface area contributed by atoms with E-state index in [1.54, 1.807) is 0 Å². The van der Waals surface area contributed by atoms with Gasteiger partial charge in [-0.15, -0.1) is 11.3 Å². The lowest BCUT2D eigenvalue weighted by Crippen LogP contribution is -2.51. The number of benzene rings is 1. The van der Waals surface area contributed by atoms with E-state index in [4.69, 9.17) is 11.6 Å². The fourth-order valence-electron chi connectivity index (χ4n) is 4.24. The van der Waals surface area contributed by atoms with Gasteiger partial charge in [-0.2, -0.15) is 0 Å². The molecule has 1 aromatic carbocycles. The van der Waals surface area contributed by atoms with Crippen LogP contribution in [0.3, 0.4) is 0 Å². The average molecular weight is 419 g/mol. The van der Waals surface area contributed by atoms with Crippen molar-refractivity contribution in [2.24, 2.45) is 0 Å². The second-order valence-electron chi connectivity index (χ2n) is 7.73. The van der Waals surface area contributed by atoms with Crippen LogP contribution >= 0.6 is 22.9 Å². The summed E-state index contributed by atoms with van der Waals surface area (Å²) in [6.45, 7) is 6.56. The summed E-state index contributed by atoms with van der Waals surface area (Å²) in [5, 5.41) is 4.36. The van der Waals surface area contributed by atoms with Gasteiger partial charge < -0.3 is 5.32 Å². The normalized spacial score (nSPS) is 19.2. The molecule has 4 rings (SSSR count). The average Bonchev–Trinajstić information content (AvgIpc) is 3.33. The Kier molecular flexibility index (Phi) is 6.31. The van der Waals surface area contributed by atoms with Crippen molar-refractivity contribution >= 4 is 34.0 Å². The predicted molar refractivity (Wildman–Crippen MR) is 116 cm³/mol. The van der Waals surface area contributed by atoms with Gasteiger partial charge in [-0.3, -0.25) is 14.6 Å². The van der Waals surface area contributed by atoms with E-state index in [9.17, 15) is 4.79 Å². The molecule has 1 amide bonds. The van der Waals surface area contributed by atoms with Crippen molar-refractivity contribution < 1.29 is 4.79 Å². The maximum atomic E-state index is 12.5. The minimum atomic E-state index is 0.0192. The Balaban J connectivity index is 1.29. The lowest BCUT2D eigenvalue weighted by atomic mass is 10.1. The lowest BCUT2D eigenvalue weighted by molar-refractivity contribution is -0.117. The number of anilines is 1. The Morgan fingerprint density at radius 1 is 1.18 bits per heavy atom. The molecule has 150 valence electrons. The van der Waals surface area contributed by atoms with Crippen LogP contribution in [0.5, 0.6) is 0 Å². The van der Waals surface area contributed by atoms with Crippen LogP contribution in [0.25, 0.3) is 11.3 Å². The van der Waals surface area contributed by atoms with Gasteiger partial charge in [-0.05, 0) is 31.9 Å². The molecule has 1 aliphatic carbocycles. The number of aryl methyl sites for hydroxylation is 1. The Bertz CT molecular complexity index is 808. The number of nitrogens with zero attached hydrogens (tertiary/aromatic N) is 3. The standard InChI is InChI=1S/C21H27ClN4OS/c1-15-20(16-6-8-17(22)9-7-16)24-21(28-15)23-19(27)14-25-10-12-26(13-11-25)18-4-2-3-5-18/h6-9,18H,2-5,10-14H2,1H3,(H,23,24,27). The molecule has 0 spiro atoms. The van der Waals surface area contributed by atoms with E-state index in [1.165, 1.54) is 37.0 Å². The second kappa shape index (κ2) is 8.91. The van der Waals surface area contributed by atoms with E-state index in [1.807, 2.05) is 31.2 Å². The monoisotopic (exact) mass is 418 g/mol. The molecular weight excluding hydrogens is 392 g/mol. The van der Waals surface area contributed by atoms with Gasteiger partial charge in [-0.25, -0.2) is 4.98 Å². The highest BCUT2D eigenvalue weighted by atomic mass is 35.5. The van der Waals surface area contributed by atoms with E-state index in [0.29, 0.717) is 16.7 Å². The summed E-state index contributed by atoms with van der Waals surface area (Å²) in [5.74, 6) is 0.0192. The van der Waals surface area contributed by atoms with E-state index in [0.717, 1.165) is 48.4 Å². The third kappa shape index (κ3) is 4.74. The van der Waals surface area contributed by atoms with Crippen LogP contribution in [0.2, 0.25) is 5.02 Å². The first-order valence-electron chi connectivity index (χ1n) is 10.1. The molecule has 2 aliphatic rings. The molecule has 1 aromatic heterocycles. The van der Waals surface area contributed by atoms with Gasteiger partial charge in [0.25, 0.3) is 0 Å². The van der Waals surface area contributed by atoms with E-state index >= 15 is 0 Å². The van der Waals surface area contributed by atoms with Crippen molar-refractivity contribution in [1.29, 1.82) is 0 Å². The fourth-order valence-corrected chi connectivity index (χ4v) is 5.22. The molecule has 7 heteroatoms. The van der Waals surface area contributed by atoms with Crippen molar-refractivity contribution in [1.82, 2.24) is 14.8 Å². The topological polar surface area (TPSA) is 48.5 Å². The molecule has 1 saturated heterocycles. The molecule has 0 radical (unpaired) electrons. The predicted octanol–water partition coefficient (Wildman–Crippen LogP) is 4.27. The molecule has 2 aromatic rings. The summed E-state index contributed by atoms with van der Waals surface area (Å²) >= 11 is 7.49. The maximum absolute atomic E-state index is 12.5. The van der Waals surface area contributed by atoms with Crippen LogP contribution in [-0.2, 0) is 4.79 Å². The second-order valence-corrected chi connectivity index (χ2v) is 9.37. The summed E-state index contributed by atoms with van der Waals surface area (Å²) in [5.41, 5.74) is 1.92. The minimum Gasteiger partial charge on any atom is -0.301 e. The van der Waals surface area contributed by atoms with Gasteiger partial charge in [0, 0.05) is 47.7 Å². The van der Waals surface area contributed by atoms with E-state index < -0.39 is 0 Å². The zero-order valence-corrected chi connectivity index (χ0v) is 17.9. The molecule has 0 unspecified atom stereocenters. The zero-order chi connectivity index (χ0) is 19.5. The Morgan fingerprint density at radius 3 is 2.54 bits per heavy atom. The van der Waals surface area contributed by atoms with Gasteiger partial charge in [0.15, 0.2) is 5.13 Å². The van der Waals surface area contributed by atoms with Crippen molar-refractivity contribution in [3.63, 3.8) is 0 Å². The third-order valence-electron chi connectivity index (χ3n) is 5.78. The van der Waals surface area contributed by atoms with E-state index in [2.05, 4.69) is 20.1 Å². The quantitative estimate of drug-likeness (QED) is 0.787. The SMILES string of the molecule is Cc1sc(NC(=O)CN2CCN(C3CCCC3)CC2)nc1-c1ccc(Cl)cc1. The third-order valence-corrected chi connectivity index (χ3v) is 6.91.